The molecule has 1 aliphatic carbocycles. The van der Waals surface area contributed by atoms with Crippen molar-refractivity contribution in [1.82, 2.24) is 0 Å². The molecule has 0 spiro atoms. The molecule has 0 unspecified atom stereocenters. The summed E-state index contributed by atoms with van der Waals surface area (Å²) in [5.74, 6) is 0.830. The molecule has 1 saturated carbocycles. The van der Waals surface area contributed by atoms with E-state index in [4.69, 9.17) is 23.2 Å². The van der Waals surface area contributed by atoms with Gasteiger partial charge in [-0.25, -0.2) is 0 Å². The maximum Gasteiger partial charge on any atom is 0.0721 e. The van der Waals surface area contributed by atoms with Gasteiger partial charge in [0.1, 0.15) is 0 Å². The average molecular weight is 393 g/mol. The summed E-state index contributed by atoms with van der Waals surface area (Å²) in [6, 6.07) is 4.26. The minimum absolute atomic E-state index is 0.456. The first kappa shape index (κ1) is 17.4. The van der Waals surface area contributed by atoms with Gasteiger partial charge in [-0.2, -0.15) is 0 Å². The van der Waals surface area contributed by atoms with Crippen LogP contribution in [0.5, 0.6) is 0 Å². The van der Waals surface area contributed by atoms with Crippen LogP contribution in [0, 0.1) is 11.3 Å². The van der Waals surface area contributed by atoms with Crippen LogP contribution in [0.3, 0.4) is 0 Å². The van der Waals surface area contributed by atoms with E-state index in [1.807, 2.05) is 12.1 Å². The zero-order valence-corrected chi connectivity index (χ0v) is 16.1. The molecule has 1 fully saturated rings. The standard InChI is InChI=1S/C17H24BrCl2N/c1-4-17(2,3)11-5-7-13(8-6-11)21-16-14(19)9-12(18)10-15(16)20/h9-11,13,21H,4-8H2,1-3H3. The fourth-order valence-corrected chi connectivity index (χ4v) is 4.51. The summed E-state index contributed by atoms with van der Waals surface area (Å²) in [4.78, 5) is 0. The molecule has 0 heterocycles. The molecule has 4 heteroatoms. The second-order valence-corrected chi connectivity index (χ2v) is 8.51. The number of rotatable bonds is 4. The first-order valence-electron chi connectivity index (χ1n) is 7.74. The molecule has 1 aliphatic rings. The maximum absolute atomic E-state index is 6.30. The summed E-state index contributed by atoms with van der Waals surface area (Å²) in [6.07, 6.45) is 6.20. The molecule has 0 aromatic heterocycles. The molecule has 0 amide bonds. The predicted octanol–water partition coefficient (Wildman–Crippen LogP) is 7.16. The van der Waals surface area contributed by atoms with Crippen molar-refractivity contribution in [3.8, 4) is 0 Å². The lowest BCUT2D eigenvalue weighted by Gasteiger charge is -2.39. The zero-order valence-electron chi connectivity index (χ0n) is 13.0. The van der Waals surface area contributed by atoms with E-state index in [-0.39, 0.29) is 0 Å². The molecular formula is C17H24BrCl2N. The van der Waals surface area contributed by atoms with Gasteiger partial charge in [-0.15, -0.1) is 0 Å². The predicted molar refractivity (Wildman–Crippen MR) is 97.6 cm³/mol. The van der Waals surface area contributed by atoms with Crippen LogP contribution in [0.1, 0.15) is 52.9 Å². The van der Waals surface area contributed by atoms with E-state index >= 15 is 0 Å². The van der Waals surface area contributed by atoms with E-state index < -0.39 is 0 Å². The van der Waals surface area contributed by atoms with Gasteiger partial charge in [0.2, 0.25) is 0 Å². The third kappa shape index (κ3) is 4.30. The molecular weight excluding hydrogens is 369 g/mol. The Hall–Kier alpha value is 0.0800. The van der Waals surface area contributed by atoms with Crippen LogP contribution in [-0.2, 0) is 0 Å². The van der Waals surface area contributed by atoms with E-state index in [1.165, 1.54) is 32.1 Å². The summed E-state index contributed by atoms with van der Waals surface area (Å²) in [7, 11) is 0. The Balaban J connectivity index is 1.98. The highest BCUT2D eigenvalue weighted by molar-refractivity contribution is 9.10. The highest BCUT2D eigenvalue weighted by Gasteiger charge is 2.32. The average Bonchev–Trinajstić information content (AvgIpc) is 2.43. The van der Waals surface area contributed by atoms with Crippen LogP contribution in [0.25, 0.3) is 0 Å². The van der Waals surface area contributed by atoms with Crippen molar-refractivity contribution in [3.63, 3.8) is 0 Å². The number of halogens is 3. The van der Waals surface area contributed by atoms with E-state index in [1.54, 1.807) is 0 Å². The van der Waals surface area contributed by atoms with E-state index in [2.05, 4.69) is 42.0 Å². The van der Waals surface area contributed by atoms with Gasteiger partial charge in [0.25, 0.3) is 0 Å². The Kier molecular flexibility index (Phi) is 5.90. The van der Waals surface area contributed by atoms with Crippen molar-refractivity contribution in [1.29, 1.82) is 0 Å². The van der Waals surface area contributed by atoms with Gasteiger partial charge < -0.3 is 5.32 Å². The van der Waals surface area contributed by atoms with Gasteiger partial charge in [0, 0.05) is 10.5 Å². The minimum Gasteiger partial charge on any atom is -0.380 e. The van der Waals surface area contributed by atoms with Crippen LogP contribution < -0.4 is 5.32 Å². The molecule has 21 heavy (non-hydrogen) atoms. The molecule has 0 saturated heterocycles. The minimum atomic E-state index is 0.456. The van der Waals surface area contributed by atoms with Crippen molar-refractivity contribution in [2.45, 2.75) is 58.9 Å². The Morgan fingerprint density at radius 1 is 1.14 bits per heavy atom. The quantitative estimate of drug-likeness (QED) is 0.572. The summed E-state index contributed by atoms with van der Waals surface area (Å²) >= 11 is 16.0. The van der Waals surface area contributed by atoms with Gasteiger partial charge >= 0.3 is 0 Å². The van der Waals surface area contributed by atoms with Gasteiger partial charge in [-0.1, -0.05) is 66.3 Å². The van der Waals surface area contributed by atoms with E-state index in [0.717, 1.165) is 16.1 Å². The van der Waals surface area contributed by atoms with Crippen molar-refractivity contribution in [2.24, 2.45) is 11.3 Å². The number of hydrogen-bond donors (Lipinski definition) is 1. The molecule has 0 aliphatic heterocycles. The monoisotopic (exact) mass is 391 g/mol. The fraction of sp³-hybridized carbons (Fsp3) is 0.647. The van der Waals surface area contributed by atoms with Crippen molar-refractivity contribution in [3.05, 3.63) is 26.7 Å². The van der Waals surface area contributed by atoms with Crippen LogP contribution in [0.15, 0.2) is 16.6 Å². The topological polar surface area (TPSA) is 12.0 Å². The lowest BCUT2D eigenvalue weighted by molar-refractivity contribution is 0.147. The molecule has 0 radical (unpaired) electrons. The summed E-state index contributed by atoms with van der Waals surface area (Å²) in [5, 5.41) is 4.92. The second kappa shape index (κ2) is 7.10. The Morgan fingerprint density at radius 2 is 1.67 bits per heavy atom. The summed E-state index contributed by atoms with van der Waals surface area (Å²) in [5.41, 5.74) is 1.33. The largest absolute Gasteiger partial charge is 0.380 e. The van der Waals surface area contributed by atoms with Gasteiger partial charge in [0.15, 0.2) is 0 Å². The summed E-state index contributed by atoms with van der Waals surface area (Å²) < 4.78 is 0.913. The lowest BCUT2D eigenvalue weighted by Crippen LogP contribution is -2.32. The van der Waals surface area contributed by atoms with Gasteiger partial charge in [-0.3, -0.25) is 0 Å². The Morgan fingerprint density at radius 3 is 2.14 bits per heavy atom. The van der Waals surface area contributed by atoms with Crippen molar-refractivity contribution < 1.29 is 0 Å². The third-order valence-corrected chi connectivity index (χ3v) is 6.15. The van der Waals surface area contributed by atoms with Gasteiger partial charge in [0.05, 0.1) is 15.7 Å². The first-order chi connectivity index (χ1) is 9.83. The molecule has 118 valence electrons. The molecule has 2 rings (SSSR count). The molecule has 0 bridgehead atoms. The molecule has 1 N–H and O–H groups in total. The first-order valence-corrected chi connectivity index (χ1v) is 9.29. The lowest BCUT2D eigenvalue weighted by atomic mass is 9.69. The van der Waals surface area contributed by atoms with Crippen LogP contribution in [0.2, 0.25) is 10.0 Å². The molecule has 0 atom stereocenters. The summed E-state index contributed by atoms with van der Waals surface area (Å²) in [6.45, 7) is 7.09. The normalized spacial score (nSPS) is 23.1. The Bertz CT molecular complexity index is 471. The third-order valence-electron chi connectivity index (χ3n) is 5.10. The zero-order chi connectivity index (χ0) is 15.6. The van der Waals surface area contributed by atoms with Crippen molar-refractivity contribution in [2.75, 3.05) is 5.32 Å². The SMILES string of the molecule is CCC(C)(C)C1CCC(Nc2c(Cl)cc(Br)cc2Cl)CC1. The van der Waals surface area contributed by atoms with Gasteiger partial charge in [-0.05, 0) is 49.1 Å². The number of benzene rings is 1. The smallest absolute Gasteiger partial charge is 0.0721 e. The van der Waals surface area contributed by atoms with Crippen LogP contribution >= 0.6 is 39.1 Å². The highest BCUT2D eigenvalue weighted by Crippen LogP contribution is 2.42. The highest BCUT2D eigenvalue weighted by atomic mass is 79.9. The van der Waals surface area contributed by atoms with Crippen LogP contribution in [-0.4, -0.2) is 6.04 Å². The number of nitrogens with one attached hydrogen (secondary N) is 1. The fourth-order valence-electron chi connectivity index (χ4n) is 3.19. The van der Waals surface area contributed by atoms with E-state index in [0.29, 0.717) is 21.5 Å². The molecule has 1 nitrogen and oxygen atoms in total. The van der Waals surface area contributed by atoms with Crippen molar-refractivity contribution >= 4 is 44.8 Å². The van der Waals surface area contributed by atoms with Crippen LogP contribution in [0.4, 0.5) is 5.69 Å². The number of anilines is 1. The maximum atomic E-state index is 6.30. The Labute approximate surface area is 146 Å². The number of hydrogen-bond acceptors (Lipinski definition) is 1. The molecule has 1 aromatic rings. The van der Waals surface area contributed by atoms with E-state index in [9.17, 15) is 0 Å². The second-order valence-electron chi connectivity index (χ2n) is 6.78. The molecule has 1 aromatic carbocycles.